The minimum absolute atomic E-state index is 0.0898. The summed E-state index contributed by atoms with van der Waals surface area (Å²) in [7, 11) is 0. The van der Waals surface area contributed by atoms with Crippen LogP contribution >= 0.6 is 0 Å². The minimum Gasteiger partial charge on any atom is -0.295 e. The highest BCUT2D eigenvalue weighted by Gasteiger charge is 2.05. The SMILES string of the molecule is CC(=O)C=Cc1c(C)cc(C)c(C)c1C. The normalized spacial score (nSPS) is 11.0. The highest BCUT2D eigenvalue weighted by molar-refractivity contribution is 5.92. The van der Waals surface area contributed by atoms with Gasteiger partial charge in [0.1, 0.15) is 0 Å². The second-order valence-corrected chi connectivity index (χ2v) is 4.12. The molecule has 1 aromatic carbocycles. The lowest BCUT2D eigenvalue weighted by atomic mass is 9.94. The van der Waals surface area contributed by atoms with Gasteiger partial charge in [-0.15, -0.1) is 0 Å². The molecule has 0 N–H and O–H groups in total. The molecule has 0 radical (unpaired) electrons. The van der Waals surface area contributed by atoms with Crippen molar-refractivity contribution in [3.05, 3.63) is 40.0 Å². The number of hydrogen-bond donors (Lipinski definition) is 0. The second kappa shape index (κ2) is 4.43. The molecule has 0 fully saturated rings. The first-order chi connectivity index (χ1) is 6.93. The summed E-state index contributed by atoms with van der Waals surface area (Å²) < 4.78 is 0. The van der Waals surface area contributed by atoms with Crippen molar-refractivity contribution in [1.29, 1.82) is 0 Å². The van der Waals surface area contributed by atoms with Crippen LogP contribution in [-0.2, 0) is 4.79 Å². The molecule has 0 aliphatic carbocycles. The van der Waals surface area contributed by atoms with Crippen LogP contribution in [0.15, 0.2) is 12.1 Å². The van der Waals surface area contributed by atoms with E-state index in [2.05, 4.69) is 33.8 Å². The van der Waals surface area contributed by atoms with Gasteiger partial charge in [0.25, 0.3) is 0 Å². The van der Waals surface area contributed by atoms with Crippen molar-refractivity contribution in [1.82, 2.24) is 0 Å². The molecule has 0 aliphatic heterocycles. The van der Waals surface area contributed by atoms with Crippen molar-refractivity contribution in [2.24, 2.45) is 0 Å². The summed E-state index contributed by atoms with van der Waals surface area (Å²) >= 11 is 0. The predicted octanol–water partition coefficient (Wildman–Crippen LogP) is 3.52. The molecule has 0 atom stereocenters. The van der Waals surface area contributed by atoms with Gasteiger partial charge in [-0.25, -0.2) is 0 Å². The van der Waals surface area contributed by atoms with Crippen LogP contribution in [-0.4, -0.2) is 5.78 Å². The zero-order valence-electron chi connectivity index (χ0n) is 10.1. The molecule has 0 bridgehead atoms. The van der Waals surface area contributed by atoms with Crippen LogP contribution in [0.1, 0.15) is 34.7 Å². The number of hydrogen-bond acceptors (Lipinski definition) is 1. The van der Waals surface area contributed by atoms with Crippen LogP contribution in [0.25, 0.3) is 6.08 Å². The molecule has 0 heterocycles. The molecule has 0 saturated carbocycles. The average molecular weight is 202 g/mol. The molecule has 1 aromatic rings. The molecular weight excluding hydrogens is 184 g/mol. The van der Waals surface area contributed by atoms with Gasteiger partial charge in [0.2, 0.25) is 0 Å². The van der Waals surface area contributed by atoms with Crippen molar-refractivity contribution in [2.45, 2.75) is 34.6 Å². The Morgan fingerprint density at radius 3 is 2.20 bits per heavy atom. The fourth-order valence-corrected chi connectivity index (χ4v) is 1.76. The van der Waals surface area contributed by atoms with Crippen LogP contribution < -0.4 is 0 Å². The van der Waals surface area contributed by atoms with E-state index in [-0.39, 0.29) is 5.78 Å². The Kier molecular flexibility index (Phi) is 3.46. The molecule has 1 rings (SSSR count). The maximum atomic E-state index is 10.9. The zero-order chi connectivity index (χ0) is 11.6. The molecule has 0 unspecified atom stereocenters. The lowest BCUT2D eigenvalue weighted by molar-refractivity contribution is -0.112. The third-order valence-electron chi connectivity index (χ3n) is 2.90. The van der Waals surface area contributed by atoms with E-state index in [0.29, 0.717) is 0 Å². The lowest BCUT2D eigenvalue weighted by Gasteiger charge is -2.11. The van der Waals surface area contributed by atoms with Crippen LogP contribution in [0, 0.1) is 27.7 Å². The Labute approximate surface area is 91.8 Å². The summed E-state index contributed by atoms with van der Waals surface area (Å²) in [6.07, 6.45) is 3.55. The largest absolute Gasteiger partial charge is 0.295 e. The molecule has 0 aliphatic rings. The van der Waals surface area contributed by atoms with Crippen molar-refractivity contribution >= 4 is 11.9 Å². The Morgan fingerprint density at radius 1 is 1.07 bits per heavy atom. The zero-order valence-corrected chi connectivity index (χ0v) is 10.1. The van der Waals surface area contributed by atoms with Crippen LogP contribution in [0.5, 0.6) is 0 Å². The van der Waals surface area contributed by atoms with E-state index >= 15 is 0 Å². The molecule has 0 saturated heterocycles. The van der Waals surface area contributed by atoms with Crippen LogP contribution in [0.2, 0.25) is 0 Å². The van der Waals surface area contributed by atoms with Gasteiger partial charge in [-0.1, -0.05) is 12.1 Å². The second-order valence-electron chi connectivity index (χ2n) is 4.12. The van der Waals surface area contributed by atoms with Crippen molar-refractivity contribution in [3.63, 3.8) is 0 Å². The van der Waals surface area contributed by atoms with Gasteiger partial charge in [-0.3, -0.25) is 4.79 Å². The van der Waals surface area contributed by atoms with E-state index in [1.165, 1.54) is 27.8 Å². The molecule has 0 spiro atoms. The Balaban J connectivity index is 3.30. The summed E-state index contributed by atoms with van der Waals surface area (Å²) in [5.74, 6) is 0.0898. The van der Waals surface area contributed by atoms with Gasteiger partial charge in [0.05, 0.1) is 0 Å². The van der Waals surface area contributed by atoms with Gasteiger partial charge in [-0.2, -0.15) is 0 Å². The standard InChI is InChI=1S/C14H18O/c1-9-8-10(2)14(7-6-11(3)15)13(5)12(9)4/h6-8H,1-5H3. The first-order valence-corrected chi connectivity index (χ1v) is 5.19. The van der Waals surface area contributed by atoms with E-state index in [1.807, 2.05) is 6.08 Å². The fraction of sp³-hybridized carbons (Fsp3) is 0.357. The van der Waals surface area contributed by atoms with Gasteiger partial charge in [-0.05, 0) is 68.5 Å². The van der Waals surface area contributed by atoms with E-state index in [1.54, 1.807) is 13.0 Å². The molecule has 1 nitrogen and oxygen atoms in total. The van der Waals surface area contributed by atoms with Gasteiger partial charge < -0.3 is 0 Å². The van der Waals surface area contributed by atoms with Crippen molar-refractivity contribution in [3.8, 4) is 0 Å². The maximum Gasteiger partial charge on any atom is 0.152 e. The highest BCUT2D eigenvalue weighted by Crippen LogP contribution is 2.22. The molecule has 0 aromatic heterocycles. The quantitative estimate of drug-likeness (QED) is 0.670. The number of carbonyl (C=O) groups excluding carboxylic acids is 1. The lowest BCUT2D eigenvalue weighted by Crippen LogP contribution is -1.94. The maximum absolute atomic E-state index is 10.9. The molecule has 0 amide bonds. The number of rotatable bonds is 2. The predicted molar refractivity (Wildman–Crippen MR) is 65.1 cm³/mol. The van der Waals surface area contributed by atoms with Crippen molar-refractivity contribution in [2.75, 3.05) is 0 Å². The van der Waals surface area contributed by atoms with E-state index in [4.69, 9.17) is 0 Å². The number of allylic oxidation sites excluding steroid dienone is 1. The van der Waals surface area contributed by atoms with Crippen LogP contribution in [0.4, 0.5) is 0 Å². The first kappa shape index (κ1) is 11.7. The number of carbonyl (C=O) groups is 1. The fourth-order valence-electron chi connectivity index (χ4n) is 1.76. The molecule has 1 heteroatoms. The van der Waals surface area contributed by atoms with Gasteiger partial charge >= 0.3 is 0 Å². The minimum atomic E-state index is 0.0898. The first-order valence-electron chi connectivity index (χ1n) is 5.19. The summed E-state index contributed by atoms with van der Waals surface area (Å²) in [4.78, 5) is 10.9. The summed E-state index contributed by atoms with van der Waals surface area (Å²) in [6, 6.07) is 2.17. The number of benzene rings is 1. The number of ketones is 1. The highest BCUT2D eigenvalue weighted by atomic mass is 16.1. The molecular formula is C14H18O. The smallest absolute Gasteiger partial charge is 0.152 e. The van der Waals surface area contributed by atoms with E-state index in [0.717, 1.165) is 0 Å². The topological polar surface area (TPSA) is 17.1 Å². The van der Waals surface area contributed by atoms with Gasteiger partial charge in [0, 0.05) is 0 Å². The van der Waals surface area contributed by atoms with Crippen molar-refractivity contribution < 1.29 is 4.79 Å². The van der Waals surface area contributed by atoms with E-state index in [9.17, 15) is 4.79 Å². The third-order valence-corrected chi connectivity index (χ3v) is 2.90. The average Bonchev–Trinajstić information content (AvgIpc) is 2.14. The summed E-state index contributed by atoms with van der Waals surface area (Å²) in [5.41, 5.74) is 6.29. The van der Waals surface area contributed by atoms with Gasteiger partial charge in [0.15, 0.2) is 5.78 Å². The monoisotopic (exact) mass is 202 g/mol. The third kappa shape index (κ3) is 2.56. The Morgan fingerprint density at radius 2 is 1.67 bits per heavy atom. The summed E-state index contributed by atoms with van der Waals surface area (Å²) in [6.45, 7) is 10.00. The molecule has 80 valence electrons. The summed E-state index contributed by atoms with van der Waals surface area (Å²) in [5, 5.41) is 0. The van der Waals surface area contributed by atoms with Crippen LogP contribution in [0.3, 0.4) is 0 Å². The Bertz CT molecular complexity index is 425. The number of aryl methyl sites for hydroxylation is 2. The Hall–Kier alpha value is -1.37. The van der Waals surface area contributed by atoms with E-state index < -0.39 is 0 Å². The molecule has 15 heavy (non-hydrogen) atoms.